The van der Waals surface area contributed by atoms with E-state index < -0.39 is 0 Å². The van der Waals surface area contributed by atoms with Gasteiger partial charge in [-0.1, -0.05) is 23.4 Å². The summed E-state index contributed by atoms with van der Waals surface area (Å²) in [5, 5.41) is 7.98. The van der Waals surface area contributed by atoms with Gasteiger partial charge in [0.05, 0.1) is 23.6 Å². The Labute approximate surface area is 100 Å². The molecule has 0 bridgehead atoms. The number of ether oxygens (including phenoxy) is 1. The quantitative estimate of drug-likeness (QED) is 0.844. The molecule has 1 unspecified atom stereocenters. The third kappa shape index (κ3) is 2.69. The van der Waals surface area contributed by atoms with Gasteiger partial charge in [0.2, 0.25) is 0 Å². The fourth-order valence-electron chi connectivity index (χ4n) is 1.66. The van der Waals surface area contributed by atoms with Crippen molar-refractivity contribution in [2.75, 3.05) is 13.7 Å². The van der Waals surface area contributed by atoms with Gasteiger partial charge in [-0.25, -0.2) is 4.68 Å². The van der Waals surface area contributed by atoms with E-state index in [0.29, 0.717) is 6.61 Å². The van der Waals surface area contributed by atoms with Crippen LogP contribution in [-0.4, -0.2) is 28.7 Å². The number of nitrogens with two attached hydrogens (primary N) is 1. The minimum Gasteiger partial charge on any atom is -0.385 e. The van der Waals surface area contributed by atoms with Crippen LogP contribution < -0.4 is 5.73 Å². The molecule has 0 radical (unpaired) electrons. The molecule has 0 aliphatic heterocycles. The molecule has 2 rings (SSSR count). The average Bonchev–Trinajstić information content (AvgIpc) is 2.86. The summed E-state index contributed by atoms with van der Waals surface area (Å²) in [7, 11) is 1.67. The Hall–Kier alpha value is -1.72. The first kappa shape index (κ1) is 11.8. The van der Waals surface area contributed by atoms with Crippen LogP contribution in [-0.2, 0) is 4.74 Å². The van der Waals surface area contributed by atoms with Gasteiger partial charge in [0, 0.05) is 13.7 Å². The number of nitrogens with zero attached hydrogens (tertiary/aromatic N) is 3. The van der Waals surface area contributed by atoms with E-state index in [1.165, 1.54) is 0 Å². The lowest BCUT2D eigenvalue weighted by atomic mass is 10.1. The molecule has 1 heterocycles. The maximum atomic E-state index is 6.08. The first-order valence-corrected chi connectivity index (χ1v) is 5.53. The van der Waals surface area contributed by atoms with Gasteiger partial charge in [-0.15, -0.1) is 5.10 Å². The largest absolute Gasteiger partial charge is 0.385 e. The normalized spacial score (nSPS) is 12.6. The highest BCUT2D eigenvalue weighted by atomic mass is 16.5. The maximum absolute atomic E-state index is 6.08. The van der Waals surface area contributed by atoms with E-state index in [1.54, 1.807) is 18.0 Å². The number of para-hydroxylation sites is 1. The highest BCUT2D eigenvalue weighted by Gasteiger charge is 2.13. The Kier molecular flexibility index (Phi) is 3.85. The summed E-state index contributed by atoms with van der Waals surface area (Å²) in [5.74, 6) is 0. The first-order valence-electron chi connectivity index (χ1n) is 5.53. The zero-order valence-electron chi connectivity index (χ0n) is 9.78. The Morgan fingerprint density at radius 2 is 2.12 bits per heavy atom. The Bertz CT molecular complexity index is 455. The standard InChI is InChI=1S/C12H16N4O/c1-17-8-7-11(13)12-9-14-15-16(12)10-5-3-2-4-6-10/h2-6,9,11H,7-8,13H2,1H3. The molecule has 2 N–H and O–H groups in total. The second kappa shape index (κ2) is 5.56. The van der Waals surface area contributed by atoms with Crippen molar-refractivity contribution in [3.63, 3.8) is 0 Å². The van der Waals surface area contributed by atoms with E-state index in [2.05, 4.69) is 10.3 Å². The molecule has 0 spiro atoms. The summed E-state index contributed by atoms with van der Waals surface area (Å²) in [5.41, 5.74) is 7.94. The second-order valence-corrected chi connectivity index (χ2v) is 3.79. The zero-order valence-corrected chi connectivity index (χ0v) is 9.78. The second-order valence-electron chi connectivity index (χ2n) is 3.79. The molecule has 0 saturated carbocycles. The molecule has 0 saturated heterocycles. The Balaban J connectivity index is 2.23. The highest BCUT2D eigenvalue weighted by Crippen LogP contribution is 2.16. The first-order chi connectivity index (χ1) is 8.33. The molecule has 0 aliphatic rings. The van der Waals surface area contributed by atoms with E-state index in [9.17, 15) is 0 Å². The topological polar surface area (TPSA) is 66.0 Å². The van der Waals surface area contributed by atoms with Crippen molar-refractivity contribution in [1.82, 2.24) is 15.0 Å². The highest BCUT2D eigenvalue weighted by molar-refractivity contribution is 5.32. The van der Waals surface area contributed by atoms with Crippen LogP contribution >= 0.6 is 0 Å². The lowest BCUT2D eigenvalue weighted by Gasteiger charge is -2.12. The number of hydrogen-bond acceptors (Lipinski definition) is 4. The van der Waals surface area contributed by atoms with Crippen LogP contribution in [0.5, 0.6) is 0 Å². The fourth-order valence-corrected chi connectivity index (χ4v) is 1.66. The van der Waals surface area contributed by atoms with Gasteiger partial charge >= 0.3 is 0 Å². The van der Waals surface area contributed by atoms with Crippen molar-refractivity contribution in [2.24, 2.45) is 5.73 Å². The molecule has 5 heteroatoms. The number of hydrogen-bond donors (Lipinski definition) is 1. The third-order valence-corrected chi connectivity index (χ3v) is 2.59. The molecule has 17 heavy (non-hydrogen) atoms. The van der Waals surface area contributed by atoms with Crippen LogP contribution in [0.1, 0.15) is 18.2 Å². The molecule has 5 nitrogen and oxygen atoms in total. The number of aromatic nitrogens is 3. The minimum absolute atomic E-state index is 0.120. The van der Waals surface area contributed by atoms with E-state index in [4.69, 9.17) is 10.5 Å². The van der Waals surface area contributed by atoms with Crippen molar-refractivity contribution < 1.29 is 4.74 Å². The molecule has 90 valence electrons. The molecule has 1 atom stereocenters. The Morgan fingerprint density at radius 3 is 2.82 bits per heavy atom. The molecule has 0 aliphatic carbocycles. The van der Waals surface area contributed by atoms with E-state index in [1.807, 2.05) is 30.3 Å². The summed E-state index contributed by atoms with van der Waals surface area (Å²) in [4.78, 5) is 0. The molecular formula is C12H16N4O. The van der Waals surface area contributed by atoms with E-state index >= 15 is 0 Å². The van der Waals surface area contributed by atoms with Gasteiger partial charge in [-0.3, -0.25) is 0 Å². The average molecular weight is 232 g/mol. The van der Waals surface area contributed by atoms with Gasteiger partial charge in [0.1, 0.15) is 0 Å². The van der Waals surface area contributed by atoms with Crippen molar-refractivity contribution in [3.05, 3.63) is 42.2 Å². The Morgan fingerprint density at radius 1 is 1.35 bits per heavy atom. The molecular weight excluding hydrogens is 216 g/mol. The van der Waals surface area contributed by atoms with Gasteiger partial charge in [-0.05, 0) is 18.6 Å². The third-order valence-electron chi connectivity index (χ3n) is 2.59. The molecule has 1 aromatic heterocycles. The van der Waals surface area contributed by atoms with Crippen LogP contribution in [0.2, 0.25) is 0 Å². The number of benzene rings is 1. The summed E-state index contributed by atoms with van der Waals surface area (Å²) in [6, 6.07) is 9.71. The minimum atomic E-state index is -0.120. The van der Waals surface area contributed by atoms with Crippen molar-refractivity contribution >= 4 is 0 Å². The van der Waals surface area contributed by atoms with Gasteiger partial charge in [0.15, 0.2) is 0 Å². The smallest absolute Gasteiger partial charge is 0.0813 e. The molecule has 0 amide bonds. The summed E-state index contributed by atoms with van der Waals surface area (Å²) in [6.45, 7) is 0.626. The van der Waals surface area contributed by atoms with Crippen LogP contribution in [0.25, 0.3) is 5.69 Å². The maximum Gasteiger partial charge on any atom is 0.0813 e. The SMILES string of the molecule is COCCC(N)c1cnnn1-c1ccccc1. The molecule has 1 aromatic carbocycles. The summed E-state index contributed by atoms with van der Waals surface area (Å²) in [6.07, 6.45) is 2.45. The molecule has 2 aromatic rings. The van der Waals surface area contributed by atoms with E-state index in [-0.39, 0.29) is 6.04 Å². The van der Waals surface area contributed by atoms with Crippen molar-refractivity contribution in [1.29, 1.82) is 0 Å². The van der Waals surface area contributed by atoms with Crippen LogP contribution in [0.15, 0.2) is 36.5 Å². The van der Waals surface area contributed by atoms with Crippen LogP contribution in [0.3, 0.4) is 0 Å². The zero-order chi connectivity index (χ0) is 12.1. The van der Waals surface area contributed by atoms with Crippen LogP contribution in [0.4, 0.5) is 0 Å². The van der Waals surface area contributed by atoms with Gasteiger partial charge in [0.25, 0.3) is 0 Å². The summed E-state index contributed by atoms with van der Waals surface area (Å²) >= 11 is 0. The monoisotopic (exact) mass is 232 g/mol. The lowest BCUT2D eigenvalue weighted by Crippen LogP contribution is -2.17. The van der Waals surface area contributed by atoms with Crippen molar-refractivity contribution in [3.8, 4) is 5.69 Å². The van der Waals surface area contributed by atoms with Gasteiger partial charge < -0.3 is 10.5 Å². The van der Waals surface area contributed by atoms with Crippen LogP contribution in [0, 0.1) is 0 Å². The predicted molar refractivity (Wildman–Crippen MR) is 64.8 cm³/mol. The van der Waals surface area contributed by atoms with E-state index in [0.717, 1.165) is 17.8 Å². The fraction of sp³-hybridized carbons (Fsp3) is 0.333. The van der Waals surface area contributed by atoms with Crippen molar-refractivity contribution in [2.45, 2.75) is 12.5 Å². The molecule has 0 fully saturated rings. The predicted octanol–water partition coefficient (Wildman–Crippen LogP) is 1.30. The van der Waals surface area contributed by atoms with Gasteiger partial charge in [-0.2, -0.15) is 0 Å². The lowest BCUT2D eigenvalue weighted by molar-refractivity contribution is 0.187. The number of rotatable bonds is 5. The summed E-state index contributed by atoms with van der Waals surface area (Å²) < 4.78 is 6.79. The number of methoxy groups -OCH3 is 1.